The Morgan fingerprint density at radius 2 is 1.67 bits per heavy atom. The van der Waals surface area contributed by atoms with E-state index in [1.54, 1.807) is 0 Å². The zero-order valence-electron chi connectivity index (χ0n) is 13.6. The Hall–Kier alpha value is -0.730. The van der Waals surface area contributed by atoms with Crippen LogP contribution >= 0.6 is 11.6 Å². The highest BCUT2D eigenvalue weighted by Crippen LogP contribution is 2.23. The number of hydrogen-bond acceptors (Lipinski definition) is 2. The molecular formula is C18H30ClNO. The van der Waals surface area contributed by atoms with Gasteiger partial charge < -0.3 is 10.1 Å². The molecule has 0 saturated carbocycles. The fourth-order valence-electron chi connectivity index (χ4n) is 2.44. The molecule has 0 aliphatic heterocycles. The SMILES string of the molecule is CCCCCCCCCCOc1ccc(Cl)cc1CNC. The number of rotatable bonds is 12. The lowest BCUT2D eigenvalue weighted by Crippen LogP contribution is -2.08. The number of nitrogens with one attached hydrogen (secondary N) is 1. The Bertz CT molecular complexity index is 381. The van der Waals surface area contributed by atoms with E-state index in [1.165, 1.54) is 44.9 Å². The van der Waals surface area contributed by atoms with Crippen LogP contribution in [0, 0.1) is 0 Å². The van der Waals surface area contributed by atoms with E-state index in [4.69, 9.17) is 16.3 Å². The van der Waals surface area contributed by atoms with Gasteiger partial charge in [-0.25, -0.2) is 0 Å². The van der Waals surface area contributed by atoms with Crippen molar-refractivity contribution in [3.8, 4) is 5.75 Å². The van der Waals surface area contributed by atoms with Crippen molar-refractivity contribution in [2.75, 3.05) is 13.7 Å². The molecule has 0 spiro atoms. The fraction of sp³-hybridized carbons (Fsp3) is 0.667. The van der Waals surface area contributed by atoms with Gasteiger partial charge in [0.1, 0.15) is 5.75 Å². The van der Waals surface area contributed by atoms with E-state index in [1.807, 2.05) is 25.2 Å². The monoisotopic (exact) mass is 311 g/mol. The zero-order chi connectivity index (χ0) is 15.3. The maximum absolute atomic E-state index is 6.02. The molecule has 120 valence electrons. The standard InChI is InChI=1S/C18H30ClNO/c1-3-4-5-6-7-8-9-10-13-21-18-12-11-17(19)14-16(18)15-20-2/h11-12,14,20H,3-10,13,15H2,1-2H3. The third kappa shape index (κ3) is 8.33. The summed E-state index contributed by atoms with van der Waals surface area (Å²) in [7, 11) is 1.93. The summed E-state index contributed by atoms with van der Waals surface area (Å²) in [6.07, 6.45) is 10.6. The minimum atomic E-state index is 0.764. The molecule has 0 aliphatic carbocycles. The van der Waals surface area contributed by atoms with Crippen LogP contribution in [0.2, 0.25) is 5.02 Å². The van der Waals surface area contributed by atoms with Crippen molar-refractivity contribution in [1.29, 1.82) is 0 Å². The van der Waals surface area contributed by atoms with Crippen molar-refractivity contribution < 1.29 is 4.74 Å². The molecule has 21 heavy (non-hydrogen) atoms. The van der Waals surface area contributed by atoms with Crippen LogP contribution in [-0.2, 0) is 6.54 Å². The summed E-state index contributed by atoms with van der Waals surface area (Å²) < 4.78 is 5.89. The molecule has 1 aromatic rings. The molecule has 1 rings (SSSR count). The van der Waals surface area contributed by atoms with Crippen LogP contribution in [0.25, 0.3) is 0 Å². The van der Waals surface area contributed by atoms with Crippen LogP contribution < -0.4 is 10.1 Å². The van der Waals surface area contributed by atoms with Crippen LogP contribution in [0.3, 0.4) is 0 Å². The summed E-state index contributed by atoms with van der Waals surface area (Å²) in [6.45, 7) is 3.84. The van der Waals surface area contributed by atoms with E-state index in [2.05, 4.69) is 12.2 Å². The van der Waals surface area contributed by atoms with Crippen LogP contribution in [0.4, 0.5) is 0 Å². The van der Waals surface area contributed by atoms with E-state index in [0.29, 0.717) is 0 Å². The van der Waals surface area contributed by atoms with E-state index in [9.17, 15) is 0 Å². The molecule has 0 aliphatic rings. The third-order valence-corrected chi connectivity index (χ3v) is 3.88. The van der Waals surface area contributed by atoms with Gasteiger partial charge in [-0.3, -0.25) is 0 Å². The summed E-state index contributed by atoms with van der Waals surface area (Å²) in [5, 5.41) is 3.91. The van der Waals surface area contributed by atoms with Gasteiger partial charge in [0.25, 0.3) is 0 Å². The normalized spacial score (nSPS) is 10.8. The highest BCUT2D eigenvalue weighted by Gasteiger charge is 2.04. The number of hydrogen-bond donors (Lipinski definition) is 1. The Morgan fingerprint density at radius 3 is 2.33 bits per heavy atom. The second kappa shape index (κ2) is 11.9. The summed E-state index contributed by atoms with van der Waals surface area (Å²) in [6, 6.07) is 5.84. The first-order valence-corrected chi connectivity index (χ1v) is 8.71. The van der Waals surface area contributed by atoms with Gasteiger partial charge in [0.2, 0.25) is 0 Å². The van der Waals surface area contributed by atoms with Crippen molar-refractivity contribution in [2.24, 2.45) is 0 Å². The van der Waals surface area contributed by atoms with E-state index in [0.717, 1.165) is 35.9 Å². The molecule has 0 saturated heterocycles. The topological polar surface area (TPSA) is 21.3 Å². The van der Waals surface area contributed by atoms with Gasteiger partial charge >= 0.3 is 0 Å². The van der Waals surface area contributed by atoms with E-state index in [-0.39, 0.29) is 0 Å². The molecule has 0 heterocycles. The molecular weight excluding hydrogens is 282 g/mol. The fourth-order valence-corrected chi connectivity index (χ4v) is 2.63. The second-order valence-corrected chi connectivity index (χ2v) is 6.04. The maximum atomic E-state index is 6.02. The first-order valence-electron chi connectivity index (χ1n) is 8.33. The number of halogens is 1. The van der Waals surface area contributed by atoms with Crippen molar-refractivity contribution in [1.82, 2.24) is 5.32 Å². The predicted octanol–water partition coefficient (Wildman–Crippen LogP) is 5.58. The zero-order valence-corrected chi connectivity index (χ0v) is 14.3. The Morgan fingerprint density at radius 1 is 1.00 bits per heavy atom. The van der Waals surface area contributed by atoms with Gasteiger partial charge in [-0.05, 0) is 31.7 Å². The Kier molecular flexibility index (Phi) is 10.4. The van der Waals surface area contributed by atoms with Crippen LogP contribution in [0.1, 0.15) is 63.9 Å². The Labute approximate surface area is 135 Å². The van der Waals surface area contributed by atoms with Gasteiger partial charge in [0.05, 0.1) is 6.61 Å². The number of unbranched alkanes of at least 4 members (excludes halogenated alkanes) is 7. The summed E-state index contributed by atoms with van der Waals surface area (Å²) in [5.74, 6) is 0.955. The molecule has 0 unspecified atom stereocenters. The average molecular weight is 312 g/mol. The molecule has 0 atom stereocenters. The molecule has 2 nitrogen and oxygen atoms in total. The van der Waals surface area contributed by atoms with E-state index < -0.39 is 0 Å². The molecule has 0 bridgehead atoms. The quantitative estimate of drug-likeness (QED) is 0.509. The average Bonchev–Trinajstić information content (AvgIpc) is 2.48. The summed E-state index contributed by atoms with van der Waals surface area (Å²) >= 11 is 6.02. The predicted molar refractivity (Wildman–Crippen MR) is 92.3 cm³/mol. The van der Waals surface area contributed by atoms with Crippen molar-refractivity contribution >= 4 is 11.6 Å². The molecule has 0 fully saturated rings. The van der Waals surface area contributed by atoms with E-state index >= 15 is 0 Å². The molecule has 1 aromatic carbocycles. The molecule has 1 N–H and O–H groups in total. The lowest BCUT2D eigenvalue weighted by atomic mass is 10.1. The number of benzene rings is 1. The molecule has 0 radical (unpaired) electrons. The second-order valence-electron chi connectivity index (χ2n) is 5.61. The van der Waals surface area contributed by atoms with Gasteiger partial charge in [0.15, 0.2) is 0 Å². The first kappa shape index (κ1) is 18.3. The minimum Gasteiger partial charge on any atom is -0.493 e. The third-order valence-electron chi connectivity index (χ3n) is 3.65. The van der Waals surface area contributed by atoms with Crippen LogP contribution in [0.5, 0.6) is 5.75 Å². The van der Waals surface area contributed by atoms with Crippen LogP contribution in [0.15, 0.2) is 18.2 Å². The van der Waals surface area contributed by atoms with Crippen molar-refractivity contribution in [2.45, 2.75) is 64.8 Å². The maximum Gasteiger partial charge on any atom is 0.123 e. The summed E-state index contributed by atoms with van der Waals surface area (Å²) in [4.78, 5) is 0. The molecule has 0 amide bonds. The Balaban J connectivity index is 2.15. The highest BCUT2D eigenvalue weighted by atomic mass is 35.5. The smallest absolute Gasteiger partial charge is 0.123 e. The van der Waals surface area contributed by atoms with Crippen LogP contribution in [-0.4, -0.2) is 13.7 Å². The van der Waals surface area contributed by atoms with Gasteiger partial charge in [0, 0.05) is 17.1 Å². The largest absolute Gasteiger partial charge is 0.493 e. The van der Waals surface area contributed by atoms with Gasteiger partial charge in [-0.15, -0.1) is 0 Å². The molecule has 0 aromatic heterocycles. The van der Waals surface area contributed by atoms with Crippen molar-refractivity contribution in [3.05, 3.63) is 28.8 Å². The van der Waals surface area contributed by atoms with Crippen molar-refractivity contribution in [3.63, 3.8) is 0 Å². The highest BCUT2D eigenvalue weighted by molar-refractivity contribution is 6.30. The lowest BCUT2D eigenvalue weighted by molar-refractivity contribution is 0.301. The summed E-state index contributed by atoms with van der Waals surface area (Å²) in [5.41, 5.74) is 1.13. The van der Waals surface area contributed by atoms with Gasteiger partial charge in [-0.1, -0.05) is 63.5 Å². The molecule has 3 heteroatoms. The lowest BCUT2D eigenvalue weighted by Gasteiger charge is -2.11. The number of ether oxygens (including phenoxy) is 1. The minimum absolute atomic E-state index is 0.764. The van der Waals surface area contributed by atoms with Gasteiger partial charge in [-0.2, -0.15) is 0 Å². The first-order chi connectivity index (χ1) is 10.3.